The van der Waals surface area contributed by atoms with E-state index in [2.05, 4.69) is 50.4 Å². The van der Waals surface area contributed by atoms with Gasteiger partial charge in [-0.3, -0.25) is 14.7 Å². The molecular formula is C28H33FN4O. The fourth-order valence-electron chi connectivity index (χ4n) is 4.71. The number of hydrogen-bond acceptors (Lipinski definition) is 4. The van der Waals surface area contributed by atoms with Crippen LogP contribution in [0.3, 0.4) is 0 Å². The summed E-state index contributed by atoms with van der Waals surface area (Å²) in [6.45, 7) is 7.01. The van der Waals surface area contributed by atoms with Gasteiger partial charge in [-0.05, 0) is 48.7 Å². The van der Waals surface area contributed by atoms with Crippen molar-refractivity contribution in [2.24, 2.45) is 5.92 Å². The summed E-state index contributed by atoms with van der Waals surface area (Å²) >= 11 is 0. The summed E-state index contributed by atoms with van der Waals surface area (Å²) in [5.41, 5.74) is 3.31. The third-order valence-corrected chi connectivity index (χ3v) is 6.67. The Hall–Kier alpha value is -3.25. The minimum absolute atomic E-state index is 0.0486. The van der Waals surface area contributed by atoms with Crippen LogP contribution in [0.15, 0.2) is 72.9 Å². The van der Waals surface area contributed by atoms with Crippen molar-refractivity contribution in [3.8, 4) is 0 Å². The van der Waals surface area contributed by atoms with Crippen LogP contribution in [0.4, 0.5) is 15.8 Å². The van der Waals surface area contributed by atoms with E-state index in [9.17, 15) is 4.79 Å². The van der Waals surface area contributed by atoms with Crippen molar-refractivity contribution < 1.29 is 9.18 Å². The maximum absolute atomic E-state index is 15.0. The van der Waals surface area contributed by atoms with Crippen molar-refractivity contribution in [3.05, 3.63) is 90.0 Å². The summed E-state index contributed by atoms with van der Waals surface area (Å²) in [4.78, 5) is 21.5. The van der Waals surface area contributed by atoms with Gasteiger partial charge in [-0.15, -0.1) is 0 Å². The molecule has 3 aromatic rings. The van der Waals surface area contributed by atoms with E-state index in [1.165, 1.54) is 11.6 Å². The predicted molar refractivity (Wildman–Crippen MR) is 135 cm³/mol. The number of anilines is 2. The molecule has 1 saturated heterocycles. The second kappa shape index (κ2) is 11.3. The number of hydrogen-bond donors (Lipinski definition) is 1. The summed E-state index contributed by atoms with van der Waals surface area (Å²) in [6.07, 6.45) is 3.38. The zero-order valence-corrected chi connectivity index (χ0v) is 20.0. The van der Waals surface area contributed by atoms with Gasteiger partial charge in [-0.2, -0.15) is 0 Å². The molecule has 1 amide bonds. The average Bonchev–Trinajstić information content (AvgIpc) is 2.87. The van der Waals surface area contributed by atoms with Crippen LogP contribution in [0.25, 0.3) is 0 Å². The Kier molecular flexibility index (Phi) is 7.91. The lowest BCUT2D eigenvalue weighted by atomic mass is 10.0. The highest BCUT2D eigenvalue weighted by Crippen LogP contribution is 2.30. The minimum Gasteiger partial charge on any atom is -0.367 e. The quantitative estimate of drug-likeness (QED) is 0.482. The number of carbonyl (C=O) groups is 1. The molecule has 1 aliphatic rings. The first kappa shape index (κ1) is 23.9. The molecule has 1 fully saturated rings. The lowest BCUT2D eigenvalue weighted by Crippen LogP contribution is -2.48. The van der Waals surface area contributed by atoms with Crippen LogP contribution in [-0.4, -0.2) is 42.0 Å². The highest BCUT2D eigenvalue weighted by molar-refractivity contribution is 5.92. The largest absolute Gasteiger partial charge is 0.367 e. The maximum Gasteiger partial charge on any atom is 0.227 e. The van der Waals surface area contributed by atoms with E-state index >= 15 is 4.39 Å². The first-order valence-corrected chi connectivity index (χ1v) is 12.2. The van der Waals surface area contributed by atoms with Gasteiger partial charge in [0.05, 0.1) is 17.4 Å². The Labute approximate surface area is 201 Å². The average molecular weight is 461 g/mol. The Morgan fingerprint density at radius 3 is 2.29 bits per heavy atom. The van der Waals surface area contributed by atoms with E-state index in [1.807, 2.05) is 38.2 Å². The summed E-state index contributed by atoms with van der Waals surface area (Å²) in [6, 6.07) is 21.5. The zero-order chi connectivity index (χ0) is 23.9. The molecule has 5 nitrogen and oxygen atoms in total. The van der Waals surface area contributed by atoms with Gasteiger partial charge in [0, 0.05) is 44.0 Å². The number of piperazine rings is 1. The van der Waals surface area contributed by atoms with Crippen LogP contribution in [0.5, 0.6) is 0 Å². The number of halogens is 1. The summed E-state index contributed by atoms with van der Waals surface area (Å²) in [5, 5.41) is 2.86. The van der Waals surface area contributed by atoms with E-state index in [4.69, 9.17) is 0 Å². The summed E-state index contributed by atoms with van der Waals surface area (Å²) in [5.74, 6) is -0.403. The number of nitrogens with one attached hydrogen (secondary N) is 1. The molecule has 0 spiro atoms. The number of amides is 1. The van der Waals surface area contributed by atoms with Gasteiger partial charge in [0.1, 0.15) is 5.82 Å². The van der Waals surface area contributed by atoms with E-state index in [-0.39, 0.29) is 23.7 Å². The molecule has 1 atom stereocenters. The van der Waals surface area contributed by atoms with E-state index in [0.717, 1.165) is 31.6 Å². The molecular weight excluding hydrogens is 427 g/mol. The smallest absolute Gasteiger partial charge is 0.227 e. The summed E-state index contributed by atoms with van der Waals surface area (Å²) in [7, 11) is 0. The third kappa shape index (κ3) is 5.45. The van der Waals surface area contributed by atoms with Gasteiger partial charge >= 0.3 is 0 Å². The fraction of sp³-hybridized carbons (Fsp3) is 0.357. The van der Waals surface area contributed by atoms with Gasteiger partial charge < -0.3 is 10.2 Å². The zero-order valence-electron chi connectivity index (χ0n) is 20.0. The van der Waals surface area contributed by atoms with Crippen molar-refractivity contribution in [2.45, 2.75) is 32.7 Å². The second-order valence-electron chi connectivity index (χ2n) is 8.76. The lowest BCUT2D eigenvalue weighted by Gasteiger charge is -2.40. The van der Waals surface area contributed by atoms with Crippen molar-refractivity contribution in [2.75, 3.05) is 36.4 Å². The summed E-state index contributed by atoms with van der Waals surface area (Å²) < 4.78 is 15.0. The molecule has 1 unspecified atom stereocenters. The molecule has 178 valence electrons. The molecule has 1 aromatic heterocycles. The highest BCUT2D eigenvalue weighted by Gasteiger charge is 2.28. The number of aromatic nitrogens is 1. The number of carbonyl (C=O) groups excluding carboxylic acids is 1. The number of pyridine rings is 1. The van der Waals surface area contributed by atoms with Crippen LogP contribution in [0, 0.1) is 11.7 Å². The van der Waals surface area contributed by atoms with Crippen LogP contribution in [-0.2, 0) is 4.79 Å². The molecule has 4 rings (SSSR count). The number of rotatable bonds is 8. The molecule has 0 aliphatic carbocycles. The van der Waals surface area contributed by atoms with E-state index < -0.39 is 0 Å². The predicted octanol–water partition coefficient (Wildman–Crippen LogP) is 5.51. The van der Waals surface area contributed by atoms with Gasteiger partial charge in [0.25, 0.3) is 0 Å². The highest BCUT2D eigenvalue weighted by atomic mass is 19.1. The number of nitrogens with zero attached hydrogens (tertiary/aromatic N) is 3. The minimum atomic E-state index is -0.305. The SMILES string of the molecule is CCC(CC)C(=O)Nc1ccc(N2CCN(C(c3ccccc3)c3ccccn3)CC2)c(F)c1. The first-order valence-electron chi connectivity index (χ1n) is 12.2. The van der Waals surface area contributed by atoms with Crippen LogP contribution >= 0.6 is 0 Å². The topological polar surface area (TPSA) is 48.5 Å². The number of benzene rings is 2. The Morgan fingerprint density at radius 2 is 1.68 bits per heavy atom. The first-order chi connectivity index (χ1) is 16.6. The van der Waals surface area contributed by atoms with Crippen LogP contribution in [0.2, 0.25) is 0 Å². The molecule has 2 heterocycles. The van der Waals surface area contributed by atoms with Gasteiger partial charge in [-0.25, -0.2) is 4.39 Å². The van der Waals surface area contributed by atoms with Crippen LogP contribution < -0.4 is 10.2 Å². The van der Waals surface area contributed by atoms with Crippen molar-refractivity contribution in [1.29, 1.82) is 0 Å². The monoisotopic (exact) mass is 460 g/mol. The molecule has 2 aromatic carbocycles. The molecule has 6 heteroatoms. The molecule has 0 bridgehead atoms. The van der Waals surface area contributed by atoms with Crippen molar-refractivity contribution in [3.63, 3.8) is 0 Å². The van der Waals surface area contributed by atoms with Gasteiger partial charge in [0.2, 0.25) is 5.91 Å². The third-order valence-electron chi connectivity index (χ3n) is 6.67. The van der Waals surface area contributed by atoms with Crippen molar-refractivity contribution in [1.82, 2.24) is 9.88 Å². The molecule has 1 aliphatic heterocycles. The molecule has 0 radical (unpaired) electrons. The maximum atomic E-state index is 15.0. The fourth-order valence-corrected chi connectivity index (χ4v) is 4.71. The Balaban J connectivity index is 1.45. The second-order valence-corrected chi connectivity index (χ2v) is 8.76. The van der Waals surface area contributed by atoms with E-state index in [1.54, 1.807) is 12.1 Å². The van der Waals surface area contributed by atoms with Crippen LogP contribution in [0.1, 0.15) is 44.0 Å². The van der Waals surface area contributed by atoms with E-state index in [0.29, 0.717) is 24.5 Å². The lowest BCUT2D eigenvalue weighted by molar-refractivity contribution is -0.120. The normalized spacial score (nSPS) is 15.4. The van der Waals surface area contributed by atoms with Gasteiger partial charge in [0.15, 0.2) is 0 Å². The molecule has 1 N–H and O–H groups in total. The Morgan fingerprint density at radius 1 is 0.971 bits per heavy atom. The standard InChI is InChI=1S/C28H33FN4O/c1-3-21(4-2)28(34)31-23-13-14-26(24(29)20-23)32-16-18-33(19-17-32)27(22-10-6-5-7-11-22)25-12-8-9-15-30-25/h5-15,20-21,27H,3-4,16-19H2,1-2H3,(H,31,34). The van der Waals surface area contributed by atoms with Crippen molar-refractivity contribution >= 4 is 17.3 Å². The van der Waals surface area contributed by atoms with Gasteiger partial charge in [-0.1, -0.05) is 50.2 Å². The molecule has 0 saturated carbocycles. The Bertz CT molecular complexity index is 1020. The molecule has 34 heavy (non-hydrogen) atoms.